The van der Waals surface area contributed by atoms with Crippen molar-refractivity contribution in [2.75, 3.05) is 0 Å². The molecule has 1 rings (SSSR count). The van der Waals surface area contributed by atoms with E-state index in [-0.39, 0.29) is 6.42 Å². The Morgan fingerprint density at radius 2 is 1.65 bits per heavy atom. The Balaban J connectivity index is 2.39. The van der Waals surface area contributed by atoms with Gasteiger partial charge in [-0.2, -0.15) is 0 Å². The number of alkyl halides is 3. The molecule has 0 saturated heterocycles. The van der Waals surface area contributed by atoms with Gasteiger partial charge in [-0.3, -0.25) is 20.4 Å². The van der Waals surface area contributed by atoms with Gasteiger partial charge in [0.2, 0.25) is 5.91 Å². The van der Waals surface area contributed by atoms with Crippen molar-refractivity contribution < 1.29 is 9.59 Å². The SMILES string of the molecule is O=C(Cc1ccccc1)NNC(=O)C(Cl)(Cl)Cl. The van der Waals surface area contributed by atoms with Crippen molar-refractivity contribution in [1.29, 1.82) is 0 Å². The van der Waals surface area contributed by atoms with Gasteiger partial charge in [0, 0.05) is 0 Å². The van der Waals surface area contributed by atoms with Gasteiger partial charge in [0.1, 0.15) is 0 Å². The quantitative estimate of drug-likeness (QED) is 0.645. The Morgan fingerprint density at radius 1 is 1.06 bits per heavy atom. The molecule has 1 aromatic carbocycles. The van der Waals surface area contributed by atoms with Crippen LogP contribution in [-0.4, -0.2) is 15.6 Å². The summed E-state index contributed by atoms with van der Waals surface area (Å²) in [5.41, 5.74) is 4.97. The van der Waals surface area contributed by atoms with E-state index in [0.717, 1.165) is 5.56 Å². The topological polar surface area (TPSA) is 58.2 Å². The predicted octanol–water partition coefficient (Wildman–Crippen LogP) is 1.75. The molecule has 7 heteroatoms. The molecule has 2 N–H and O–H groups in total. The van der Waals surface area contributed by atoms with Crippen LogP contribution >= 0.6 is 34.8 Å². The number of carbonyl (C=O) groups excluding carboxylic acids is 2. The highest BCUT2D eigenvalue weighted by atomic mass is 35.6. The minimum atomic E-state index is -2.10. The lowest BCUT2D eigenvalue weighted by atomic mass is 10.1. The summed E-state index contributed by atoms with van der Waals surface area (Å²) >= 11 is 15.9. The molecule has 92 valence electrons. The highest BCUT2D eigenvalue weighted by molar-refractivity contribution is 6.76. The van der Waals surface area contributed by atoms with E-state index < -0.39 is 15.6 Å². The Morgan fingerprint density at radius 3 is 2.18 bits per heavy atom. The second-order valence-corrected chi connectivity index (χ2v) is 5.44. The van der Waals surface area contributed by atoms with Gasteiger partial charge in [-0.1, -0.05) is 65.1 Å². The summed E-state index contributed by atoms with van der Waals surface area (Å²) in [6.07, 6.45) is 0.126. The number of hydrogen-bond donors (Lipinski definition) is 2. The Hall–Kier alpha value is -0.970. The standard InChI is InChI=1S/C10H9Cl3N2O2/c11-10(12,13)9(17)15-14-8(16)6-7-4-2-1-3-5-7/h1-5H,6H2,(H,14,16)(H,15,17). The summed E-state index contributed by atoms with van der Waals surface area (Å²) in [6, 6.07) is 9.03. The van der Waals surface area contributed by atoms with E-state index in [0.29, 0.717) is 0 Å². The molecule has 0 aliphatic carbocycles. The molecular weight excluding hydrogens is 286 g/mol. The largest absolute Gasteiger partial charge is 0.290 e. The number of hydrazine groups is 1. The van der Waals surface area contributed by atoms with E-state index in [1.165, 1.54) is 0 Å². The third-order valence-corrected chi connectivity index (χ3v) is 2.30. The second kappa shape index (κ2) is 6.10. The lowest BCUT2D eigenvalue weighted by molar-refractivity contribution is -0.128. The summed E-state index contributed by atoms with van der Waals surface area (Å²) in [6.45, 7) is 0. The maximum atomic E-state index is 11.4. The monoisotopic (exact) mass is 294 g/mol. The molecule has 0 radical (unpaired) electrons. The highest BCUT2D eigenvalue weighted by Crippen LogP contribution is 2.25. The smallest absolute Gasteiger partial charge is 0.273 e. The number of hydrogen-bond acceptors (Lipinski definition) is 2. The van der Waals surface area contributed by atoms with Crippen LogP contribution in [-0.2, 0) is 16.0 Å². The van der Waals surface area contributed by atoms with Crippen molar-refractivity contribution in [1.82, 2.24) is 10.9 Å². The molecule has 0 unspecified atom stereocenters. The average Bonchev–Trinajstić information content (AvgIpc) is 2.26. The number of benzene rings is 1. The maximum Gasteiger partial charge on any atom is 0.290 e. The molecule has 0 bridgehead atoms. The lowest BCUT2D eigenvalue weighted by Gasteiger charge is -2.12. The molecule has 0 heterocycles. The van der Waals surface area contributed by atoms with Gasteiger partial charge >= 0.3 is 0 Å². The third kappa shape index (κ3) is 5.26. The van der Waals surface area contributed by atoms with Crippen LogP contribution in [0.2, 0.25) is 0 Å². The van der Waals surface area contributed by atoms with E-state index >= 15 is 0 Å². The Kier molecular flexibility index (Phi) is 5.05. The first kappa shape index (κ1) is 14.1. The van der Waals surface area contributed by atoms with Gasteiger partial charge in [0.05, 0.1) is 6.42 Å². The zero-order valence-corrected chi connectivity index (χ0v) is 10.8. The van der Waals surface area contributed by atoms with E-state index in [2.05, 4.69) is 5.43 Å². The first-order valence-corrected chi connectivity index (χ1v) is 5.73. The van der Waals surface area contributed by atoms with Crippen LogP contribution in [0.4, 0.5) is 0 Å². The fraction of sp³-hybridized carbons (Fsp3) is 0.200. The van der Waals surface area contributed by atoms with Crippen LogP contribution < -0.4 is 10.9 Å². The second-order valence-electron chi connectivity index (χ2n) is 3.16. The van der Waals surface area contributed by atoms with Crippen molar-refractivity contribution in [3.8, 4) is 0 Å². The number of nitrogens with one attached hydrogen (secondary N) is 2. The van der Waals surface area contributed by atoms with Crippen molar-refractivity contribution in [3.05, 3.63) is 35.9 Å². The molecule has 0 fully saturated rings. The van der Waals surface area contributed by atoms with Gasteiger partial charge < -0.3 is 0 Å². The summed E-state index contributed by atoms with van der Waals surface area (Å²) in [7, 11) is 0. The Bertz CT molecular complexity index is 404. The van der Waals surface area contributed by atoms with Gasteiger partial charge in [-0.05, 0) is 5.56 Å². The molecule has 0 aliphatic rings. The van der Waals surface area contributed by atoms with Gasteiger partial charge in [-0.25, -0.2) is 0 Å². The average molecular weight is 296 g/mol. The maximum absolute atomic E-state index is 11.4. The predicted molar refractivity (Wildman–Crippen MR) is 66.7 cm³/mol. The third-order valence-electron chi connectivity index (χ3n) is 1.78. The fourth-order valence-electron chi connectivity index (χ4n) is 1.02. The van der Waals surface area contributed by atoms with Crippen LogP contribution in [0.25, 0.3) is 0 Å². The van der Waals surface area contributed by atoms with Crippen molar-refractivity contribution >= 4 is 46.6 Å². The number of halogens is 3. The van der Waals surface area contributed by atoms with E-state index in [4.69, 9.17) is 34.8 Å². The first-order valence-electron chi connectivity index (χ1n) is 4.59. The van der Waals surface area contributed by atoms with Gasteiger partial charge in [-0.15, -0.1) is 0 Å². The molecule has 0 aliphatic heterocycles. The zero-order valence-electron chi connectivity index (χ0n) is 8.54. The van der Waals surface area contributed by atoms with E-state index in [1.807, 2.05) is 23.6 Å². The molecule has 4 nitrogen and oxygen atoms in total. The van der Waals surface area contributed by atoms with Crippen LogP contribution in [0.1, 0.15) is 5.56 Å². The number of amides is 2. The van der Waals surface area contributed by atoms with Crippen LogP contribution in [0.15, 0.2) is 30.3 Å². The summed E-state index contributed by atoms with van der Waals surface area (Å²) in [5, 5.41) is 0. The molecule has 2 amide bonds. The van der Waals surface area contributed by atoms with Crippen LogP contribution in [0.3, 0.4) is 0 Å². The fourth-order valence-corrected chi connectivity index (χ4v) is 1.16. The minimum Gasteiger partial charge on any atom is -0.273 e. The molecule has 0 spiro atoms. The van der Waals surface area contributed by atoms with Gasteiger partial charge in [0.15, 0.2) is 0 Å². The van der Waals surface area contributed by atoms with Crippen LogP contribution in [0, 0.1) is 0 Å². The van der Waals surface area contributed by atoms with E-state index in [1.54, 1.807) is 12.1 Å². The summed E-state index contributed by atoms with van der Waals surface area (Å²) in [5.74, 6) is -1.32. The molecular formula is C10H9Cl3N2O2. The van der Waals surface area contributed by atoms with Gasteiger partial charge in [0.25, 0.3) is 9.70 Å². The molecule has 0 aromatic heterocycles. The first-order chi connectivity index (χ1) is 7.89. The summed E-state index contributed by atoms with van der Waals surface area (Å²) < 4.78 is -2.10. The van der Waals surface area contributed by atoms with Crippen LogP contribution in [0.5, 0.6) is 0 Å². The van der Waals surface area contributed by atoms with Crippen molar-refractivity contribution in [2.24, 2.45) is 0 Å². The minimum absolute atomic E-state index is 0.126. The molecule has 0 atom stereocenters. The van der Waals surface area contributed by atoms with Crippen molar-refractivity contribution in [3.63, 3.8) is 0 Å². The zero-order chi connectivity index (χ0) is 12.9. The Labute approximate surface area is 113 Å². The lowest BCUT2D eigenvalue weighted by Crippen LogP contribution is -2.47. The van der Waals surface area contributed by atoms with Crippen molar-refractivity contribution in [2.45, 2.75) is 10.2 Å². The molecule has 17 heavy (non-hydrogen) atoms. The number of rotatable bonds is 2. The van der Waals surface area contributed by atoms with E-state index in [9.17, 15) is 9.59 Å². The highest BCUT2D eigenvalue weighted by Gasteiger charge is 2.30. The summed E-state index contributed by atoms with van der Waals surface area (Å²) in [4.78, 5) is 22.5. The molecule has 1 aromatic rings. The normalized spacial score (nSPS) is 10.8. The molecule has 0 saturated carbocycles. The number of carbonyl (C=O) groups is 2.